The van der Waals surface area contributed by atoms with E-state index in [9.17, 15) is 4.79 Å². The molecule has 6 nitrogen and oxygen atoms in total. The highest BCUT2D eigenvalue weighted by Gasteiger charge is 2.18. The molecule has 2 aromatic rings. The molecule has 0 aliphatic heterocycles. The summed E-state index contributed by atoms with van der Waals surface area (Å²) in [6.45, 7) is 2.67. The first-order valence-corrected chi connectivity index (χ1v) is 6.90. The highest BCUT2D eigenvalue weighted by Crippen LogP contribution is 2.20. The number of aromatic amines is 1. The summed E-state index contributed by atoms with van der Waals surface area (Å²) in [5.41, 5.74) is 2.07. The van der Waals surface area contributed by atoms with Crippen LogP contribution in [0.25, 0.3) is 11.0 Å². The van der Waals surface area contributed by atoms with E-state index in [0.29, 0.717) is 23.5 Å². The third-order valence-electron chi connectivity index (χ3n) is 3.22. The summed E-state index contributed by atoms with van der Waals surface area (Å²) in [6, 6.07) is 6.83. The van der Waals surface area contributed by atoms with E-state index < -0.39 is 6.04 Å². The Hall–Kier alpha value is -2.17. The molecule has 0 aliphatic carbocycles. The lowest BCUT2D eigenvalue weighted by Crippen LogP contribution is -2.33. The van der Waals surface area contributed by atoms with E-state index in [2.05, 4.69) is 16.4 Å². The summed E-state index contributed by atoms with van der Waals surface area (Å²) < 4.78 is 7.07. The molecule has 2 N–H and O–H groups in total. The number of nitrogens with one attached hydrogen (secondary N) is 2. The first kappa shape index (κ1) is 15.2. The smallest absolute Gasteiger partial charge is 0.242 e. The second-order valence-electron chi connectivity index (χ2n) is 4.60. The van der Waals surface area contributed by atoms with Gasteiger partial charge in [0.1, 0.15) is 6.04 Å². The highest BCUT2D eigenvalue weighted by atomic mass is 32.1. The zero-order valence-electron chi connectivity index (χ0n) is 11.8. The van der Waals surface area contributed by atoms with E-state index in [4.69, 9.17) is 22.2 Å². The van der Waals surface area contributed by atoms with Gasteiger partial charge in [-0.3, -0.25) is 4.79 Å². The number of nitrogens with zero attached hydrogens (tertiary/aromatic N) is 2. The van der Waals surface area contributed by atoms with Gasteiger partial charge in [0.15, 0.2) is 4.77 Å². The molecular weight excluding hydrogens is 288 g/mol. The first-order valence-electron chi connectivity index (χ1n) is 6.49. The van der Waals surface area contributed by atoms with E-state index in [0.717, 1.165) is 11.0 Å². The fourth-order valence-electron chi connectivity index (χ4n) is 2.12. The van der Waals surface area contributed by atoms with E-state index in [-0.39, 0.29) is 5.91 Å². The van der Waals surface area contributed by atoms with Crippen molar-refractivity contribution in [1.29, 1.82) is 5.26 Å². The van der Waals surface area contributed by atoms with E-state index >= 15 is 0 Å². The van der Waals surface area contributed by atoms with Crippen LogP contribution >= 0.6 is 12.2 Å². The van der Waals surface area contributed by atoms with Crippen LogP contribution in [0.3, 0.4) is 0 Å². The Labute approximate surface area is 127 Å². The lowest BCUT2D eigenvalue weighted by Gasteiger charge is -2.14. The van der Waals surface area contributed by atoms with E-state index in [1.165, 1.54) is 0 Å². The number of rotatable bonds is 5. The number of benzene rings is 1. The molecule has 7 heteroatoms. The number of imidazole rings is 1. The average molecular weight is 304 g/mol. The number of nitriles is 1. The van der Waals surface area contributed by atoms with Gasteiger partial charge in [-0.05, 0) is 37.3 Å². The molecule has 1 atom stereocenters. The maximum Gasteiger partial charge on any atom is 0.242 e. The molecule has 1 heterocycles. The number of H-pyrrole nitrogens is 1. The van der Waals surface area contributed by atoms with Gasteiger partial charge in [-0.1, -0.05) is 0 Å². The van der Waals surface area contributed by atoms with Crippen LogP contribution < -0.4 is 5.32 Å². The van der Waals surface area contributed by atoms with Crippen molar-refractivity contribution < 1.29 is 9.53 Å². The summed E-state index contributed by atoms with van der Waals surface area (Å²) in [4.78, 5) is 15.2. The molecule has 1 aromatic carbocycles. The second kappa shape index (κ2) is 6.52. The number of ether oxygens (including phenoxy) is 1. The molecule has 0 saturated carbocycles. The predicted molar refractivity (Wildman–Crippen MR) is 81.4 cm³/mol. The van der Waals surface area contributed by atoms with Gasteiger partial charge in [0.2, 0.25) is 5.91 Å². The molecule has 0 aliphatic rings. The summed E-state index contributed by atoms with van der Waals surface area (Å²) in [6.07, 6.45) is 0. The molecule has 0 bridgehead atoms. The largest absolute Gasteiger partial charge is 0.383 e. The van der Waals surface area contributed by atoms with Crippen molar-refractivity contribution in [2.45, 2.75) is 13.0 Å². The van der Waals surface area contributed by atoms with Gasteiger partial charge in [-0.2, -0.15) is 5.26 Å². The summed E-state index contributed by atoms with van der Waals surface area (Å²) in [5.74, 6) is -0.147. The van der Waals surface area contributed by atoms with Gasteiger partial charge < -0.3 is 19.6 Å². The van der Waals surface area contributed by atoms with Gasteiger partial charge >= 0.3 is 0 Å². The third-order valence-corrected chi connectivity index (χ3v) is 3.52. The zero-order chi connectivity index (χ0) is 15.4. The first-order chi connectivity index (χ1) is 10.1. The van der Waals surface area contributed by atoms with Crippen molar-refractivity contribution in [2.75, 3.05) is 20.3 Å². The number of carbonyl (C=O) groups is 1. The number of hydrogen-bond acceptors (Lipinski definition) is 4. The van der Waals surface area contributed by atoms with Crippen LogP contribution in [-0.2, 0) is 9.53 Å². The van der Waals surface area contributed by atoms with Gasteiger partial charge in [0, 0.05) is 13.7 Å². The maximum atomic E-state index is 12.2. The maximum absolute atomic E-state index is 12.2. The van der Waals surface area contributed by atoms with Crippen LogP contribution in [0.15, 0.2) is 18.2 Å². The standard InChI is InChI=1S/C14H16N4O2S/c1-9(13(19)16-5-6-20-2)18-12-7-10(8-15)3-4-11(12)17-14(18)21/h3-4,7,9H,5-6H2,1-2H3,(H,16,19)(H,17,21). The molecule has 0 saturated heterocycles. The Morgan fingerprint density at radius 3 is 3.05 bits per heavy atom. The van der Waals surface area contributed by atoms with Gasteiger partial charge in [0.25, 0.3) is 0 Å². The van der Waals surface area contributed by atoms with Gasteiger partial charge in [-0.15, -0.1) is 0 Å². The third kappa shape index (κ3) is 3.12. The molecular formula is C14H16N4O2S. The second-order valence-corrected chi connectivity index (χ2v) is 4.99. The van der Waals surface area contributed by atoms with Crippen LogP contribution in [0, 0.1) is 16.1 Å². The van der Waals surface area contributed by atoms with Gasteiger partial charge in [-0.25, -0.2) is 0 Å². The molecule has 0 fully saturated rings. The summed E-state index contributed by atoms with van der Waals surface area (Å²) in [5, 5.41) is 11.8. The molecule has 1 unspecified atom stereocenters. The Bertz CT molecular complexity index is 756. The Morgan fingerprint density at radius 1 is 1.62 bits per heavy atom. The molecule has 21 heavy (non-hydrogen) atoms. The molecule has 0 spiro atoms. The molecule has 2 rings (SSSR count). The fourth-order valence-corrected chi connectivity index (χ4v) is 2.48. The van der Waals surface area contributed by atoms with Crippen LogP contribution in [0.1, 0.15) is 18.5 Å². The highest BCUT2D eigenvalue weighted by molar-refractivity contribution is 7.71. The van der Waals surface area contributed by atoms with Crippen LogP contribution in [0.2, 0.25) is 0 Å². The summed E-state index contributed by atoms with van der Waals surface area (Å²) in [7, 11) is 1.58. The monoisotopic (exact) mass is 304 g/mol. The van der Waals surface area contributed by atoms with Crippen molar-refractivity contribution in [2.24, 2.45) is 0 Å². The van der Waals surface area contributed by atoms with Crippen molar-refractivity contribution in [3.05, 3.63) is 28.5 Å². The van der Waals surface area contributed by atoms with Crippen LogP contribution in [-0.4, -0.2) is 35.7 Å². The number of fused-ring (bicyclic) bond motifs is 1. The molecule has 0 radical (unpaired) electrons. The van der Waals surface area contributed by atoms with Crippen LogP contribution in [0.5, 0.6) is 0 Å². The van der Waals surface area contributed by atoms with Gasteiger partial charge in [0.05, 0.1) is 29.3 Å². The number of carbonyl (C=O) groups excluding carboxylic acids is 1. The quantitative estimate of drug-likeness (QED) is 0.653. The molecule has 1 amide bonds. The van der Waals surface area contributed by atoms with Crippen molar-refractivity contribution in [3.8, 4) is 6.07 Å². The summed E-state index contributed by atoms with van der Waals surface area (Å²) >= 11 is 5.28. The lowest BCUT2D eigenvalue weighted by atomic mass is 10.2. The normalized spacial score (nSPS) is 12.0. The SMILES string of the molecule is COCCNC(=O)C(C)n1c(=S)[nH]c2ccc(C#N)cc21. The number of aromatic nitrogens is 2. The Kier molecular flexibility index (Phi) is 4.73. The number of methoxy groups -OCH3 is 1. The lowest BCUT2D eigenvalue weighted by molar-refractivity contribution is -0.124. The van der Waals surface area contributed by atoms with E-state index in [1.807, 2.05) is 0 Å². The van der Waals surface area contributed by atoms with E-state index in [1.54, 1.807) is 36.8 Å². The Balaban J connectivity index is 2.36. The van der Waals surface area contributed by atoms with Crippen molar-refractivity contribution in [1.82, 2.24) is 14.9 Å². The molecule has 110 valence electrons. The predicted octanol–water partition coefficient (Wildman–Crippen LogP) is 1.89. The zero-order valence-corrected chi connectivity index (χ0v) is 12.7. The number of amides is 1. The van der Waals surface area contributed by atoms with Crippen LogP contribution in [0.4, 0.5) is 0 Å². The molecule has 1 aromatic heterocycles. The minimum atomic E-state index is -0.475. The van der Waals surface area contributed by atoms with Crippen molar-refractivity contribution >= 4 is 29.2 Å². The topological polar surface area (TPSA) is 82.8 Å². The fraction of sp³-hybridized carbons (Fsp3) is 0.357. The average Bonchev–Trinajstić information content (AvgIpc) is 2.81. The number of hydrogen-bond donors (Lipinski definition) is 2. The van der Waals surface area contributed by atoms with Crippen molar-refractivity contribution in [3.63, 3.8) is 0 Å². The Morgan fingerprint density at radius 2 is 2.38 bits per heavy atom. The minimum absolute atomic E-state index is 0.147. The minimum Gasteiger partial charge on any atom is -0.383 e.